The van der Waals surface area contributed by atoms with Crippen LogP contribution in [0.4, 0.5) is 0 Å². The van der Waals surface area contributed by atoms with Crippen molar-refractivity contribution in [2.45, 2.75) is 45.1 Å². The second-order valence-corrected chi connectivity index (χ2v) is 5.85. The predicted molar refractivity (Wildman–Crippen MR) is 71.6 cm³/mol. The van der Waals surface area contributed by atoms with Crippen molar-refractivity contribution in [3.8, 4) is 0 Å². The lowest BCUT2D eigenvalue weighted by Gasteiger charge is -2.30. The van der Waals surface area contributed by atoms with Gasteiger partial charge >= 0.3 is 0 Å². The highest BCUT2D eigenvalue weighted by Gasteiger charge is 2.22. The Hall–Kier alpha value is -0.450. The van der Waals surface area contributed by atoms with Gasteiger partial charge in [-0.2, -0.15) is 0 Å². The van der Waals surface area contributed by atoms with Gasteiger partial charge in [0.2, 0.25) is 0 Å². The third kappa shape index (κ3) is 3.50. The van der Waals surface area contributed by atoms with Crippen LogP contribution in [0.1, 0.15) is 43.3 Å². The third-order valence-electron chi connectivity index (χ3n) is 3.38. The number of aliphatic hydroxyl groups excluding tert-OH is 1. The minimum absolute atomic E-state index is 0.288. The lowest BCUT2D eigenvalue weighted by molar-refractivity contribution is 0.194. The molecule has 0 saturated carbocycles. The van der Waals surface area contributed by atoms with Crippen molar-refractivity contribution in [3.63, 3.8) is 0 Å². The molecule has 1 aliphatic rings. The number of likely N-dealkylation sites (tertiary alicyclic amines) is 1. The molecule has 0 aliphatic carbocycles. The topological polar surface area (TPSA) is 36.4 Å². The molecule has 1 aromatic rings. The first-order valence-electron chi connectivity index (χ1n) is 6.53. The van der Waals surface area contributed by atoms with Crippen LogP contribution in [0, 0.1) is 0 Å². The van der Waals surface area contributed by atoms with E-state index in [1.807, 2.05) is 6.92 Å². The first-order valence-corrected chi connectivity index (χ1v) is 7.41. The van der Waals surface area contributed by atoms with Gasteiger partial charge in [-0.3, -0.25) is 0 Å². The zero-order chi connectivity index (χ0) is 12.3. The Morgan fingerprint density at radius 3 is 3.18 bits per heavy atom. The van der Waals surface area contributed by atoms with Crippen molar-refractivity contribution in [1.29, 1.82) is 0 Å². The Kier molecular flexibility index (Phi) is 4.54. The number of thiazole rings is 1. The van der Waals surface area contributed by atoms with Crippen molar-refractivity contribution >= 4 is 11.3 Å². The molecule has 2 heterocycles. The molecule has 4 heteroatoms. The highest BCUT2D eigenvalue weighted by atomic mass is 32.1. The number of likely N-dealkylation sites (N-methyl/N-ethyl adjacent to an activating group) is 1. The largest absolute Gasteiger partial charge is 0.393 e. The molecule has 1 N–H and O–H groups in total. The fourth-order valence-electron chi connectivity index (χ4n) is 2.45. The summed E-state index contributed by atoms with van der Waals surface area (Å²) in [6, 6.07) is 0. The minimum atomic E-state index is -0.288. The van der Waals surface area contributed by atoms with Gasteiger partial charge < -0.3 is 10.0 Å². The number of aromatic nitrogens is 1. The first-order chi connectivity index (χ1) is 8.19. The van der Waals surface area contributed by atoms with Crippen molar-refractivity contribution in [2.75, 3.05) is 19.6 Å². The van der Waals surface area contributed by atoms with Gasteiger partial charge in [0.25, 0.3) is 0 Å². The van der Waals surface area contributed by atoms with E-state index in [4.69, 9.17) is 0 Å². The molecular weight excluding hydrogens is 232 g/mol. The van der Waals surface area contributed by atoms with Gasteiger partial charge in [0.1, 0.15) is 0 Å². The third-order valence-corrected chi connectivity index (χ3v) is 4.43. The van der Waals surface area contributed by atoms with Crippen LogP contribution in [-0.2, 0) is 6.42 Å². The molecule has 1 saturated heterocycles. The van der Waals surface area contributed by atoms with Crippen LogP contribution >= 0.6 is 11.3 Å². The summed E-state index contributed by atoms with van der Waals surface area (Å²) < 4.78 is 0. The van der Waals surface area contributed by atoms with Crippen LogP contribution in [-0.4, -0.2) is 40.7 Å². The second-order valence-electron chi connectivity index (χ2n) is 4.96. The Bertz CT molecular complexity index is 351. The van der Waals surface area contributed by atoms with E-state index in [1.54, 1.807) is 11.3 Å². The van der Waals surface area contributed by atoms with Crippen LogP contribution in [0.15, 0.2) is 5.38 Å². The Morgan fingerprint density at radius 1 is 1.65 bits per heavy atom. The van der Waals surface area contributed by atoms with Crippen molar-refractivity contribution in [2.24, 2.45) is 0 Å². The number of hydrogen-bond donors (Lipinski definition) is 1. The molecular formula is C13H22N2OS. The maximum atomic E-state index is 9.36. The minimum Gasteiger partial charge on any atom is -0.393 e. The van der Waals surface area contributed by atoms with Gasteiger partial charge in [-0.15, -0.1) is 11.3 Å². The van der Waals surface area contributed by atoms with Crippen LogP contribution in [0.5, 0.6) is 0 Å². The molecule has 2 atom stereocenters. The van der Waals surface area contributed by atoms with E-state index < -0.39 is 0 Å². The fraction of sp³-hybridized carbons (Fsp3) is 0.769. The maximum Gasteiger partial charge on any atom is 0.0972 e. The maximum absolute atomic E-state index is 9.36. The van der Waals surface area contributed by atoms with Crippen molar-refractivity contribution < 1.29 is 5.11 Å². The van der Waals surface area contributed by atoms with Gasteiger partial charge in [-0.05, 0) is 32.9 Å². The monoisotopic (exact) mass is 254 g/mol. The summed E-state index contributed by atoms with van der Waals surface area (Å²) in [6.07, 6.45) is 2.94. The summed E-state index contributed by atoms with van der Waals surface area (Å²) in [7, 11) is 0. The van der Waals surface area contributed by atoms with E-state index in [2.05, 4.69) is 22.2 Å². The highest BCUT2D eigenvalue weighted by Crippen LogP contribution is 2.29. The molecule has 0 radical (unpaired) electrons. The number of nitrogens with zero attached hydrogens (tertiary/aromatic N) is 2. The molecule has 0 bridgehead atoms. The molecule has 96 valence electrons. The van der Waals surface area contributed by atoms with Crippen LogP contribution in [0.3, 0.4) is 0 Å². The summed E-state index contributed by atoms with van der Waals surface area (Å²) in [6.45, 7) is 7.57. The Morgan fingerprint density at radius 2 is 2.47 bits per heavy atom. The van der Waals surface area contributed by atoms with Crippen molar-refractivity contribution in [1.82, 2.24) is 9.88 Å². The molecule has 17 heavy (non-hydrogen) atoms. The van der Waals surface area contributed by atoms with E-state index >= 15 is 0 Å². The summed E-state index contributed by atoms with van der Waals surface area (Å²) >= 11 is 1.76. The summed E-state index contributed by atoms with van der Waals surface area (Å²) in [5.74, 6) is 0.608. The smallest absolute Gasteiger partial charge is 0.0972 e. The molecule has 2 rings (SSSR count). The van der Waals surface area contributed by atoms with Crippen LogP contribution in [0.2, 0.25) is 0 Å². The molecule has 3 nitrogen and oxygen atoms in total. The number of hydrogen-bond acceptors (Lipinski definition) is 4. The van der Waals surface area contributed by atoms with E-state index in [-0.39, 0.29) is 6.10 Å². The Balaban J connectivity index is 1.99. The van der Waals surface area contributed by atoms with Crippen LogP contribution in [0.25, 0.3) is 0 Å². The molecule has 1 aliphatic heterocycles. The average molecular weight is 254 g/mol. The molecule has 1 aromatic heterocycles. The van der Waals surface area contributed by atoms with Crippen molar-refractivity contribution in [3.05, 3.63) is 16.1 Å². The molecule has 1 fully saturated rings. The number of piperidine rings is 1. The molecule has 0 amide bonds. The second kappa shape index (κ2) is 5.94. The quantitative estimate of drug-likeness (QED) is 0.895. The number of rotatable bonds is 4. The average Bonchev–Trinajstić information content (AvgIpc) is 2.77. The van der Waals surface area contributed by atoms with Gasteiger partial charge in [-0.1, -0.05) is 6.92 Å². The standard InChI is InChI=1S/C13H22N2OS/c1-3-15-6-4-5-11(8-15)13-14-12(9-17-13)7-10(2)16/h9-11,16H,3-8H2,1-2H3. The van der Waals surface area contributed by atoms with E-state index in [0.717, 1.165) is 18.8 Å². The molecule has 0 spiro atoms. The number of aliphatic hydroxyl groups is 1. The van der Waals surface area contributed by atoms with Gasteiger partial charge in [0.15, 0.2) is 0 Å². The SMILES string of the molecule is CCN1CCCC(c2nc(CC(C)O)cs2)C1. The predicted octanol–water partition coefficient (Wildman–Crippen LogP) is 2.27. The van der Waals surface area contributed by atoms with E-state index in [0.29, 0.717) is 12.3 Å². The Labute approximate surface area is 107 Å². The fourth-order valence-corrected chi connectivity index (χ4v) is 3.41. The van der Waals surface area contributed by atoms with Gasteiger partial charge in [-0.25, -0.2) is 4.98 Å². The van der Waals surface area contributed by atoms with Gasteiger partial charge in [0, 0.05) is 24.3 Å². The zero-order valence-electron chi connectivity index (χ0n) is 10.7. The summed E-state index contributed by atoms with van der Waals surface area (Å²) in [4.78, 5) is 7.18. The lowest BCUT2D eigenvalue weighted by Crippen LogP contribution is -2.34. The van der Waals surface area contributed by atoms with E-state index in [1.165, 1.54) is 24.4 Å². The summed E-state index contributed by atoms with van der Waals surface area (Å²) in [5.41, 5.74) is 1.05. The molecule has 0 aromatic carbocycles. The first kappa shape index (κ1) is 13.0. The highest BCUT2D eigenvalue weighted by molar-refractivity contribution is 7.09. The zero-order valence-corrected chi connectivity index (χ0v) is 11.5. The van der Waals surface area contributed by atoms with Gasteiger partial charge in [0.05, 0.1) is 16.8 Å². The molecule has 2 unspecified atom stereocenters. The van der Waals surface area contributed by atoms with Crippen LogP contribution < -0.4 is 0 Å². The lowest BCUT2D eigenvalue weighted by atomic mass is 9.99. The normalized spacial score (nSPS) is 23.8. The van der Waals surface area contributed by atoms with E-state index in [9.17, 15) is 5.11 Å². The summed E-state index contributed by atoms with van der Waals surface area (Å²) in [5, 5.41) is 12.7.